The lowest BCUT2D eigenvalue weighted by Gasteiger charge is -2.33. The van der Waals surface area contributed by atoms with Crippen molar-refractivity contribution in [2.24, 2.45) is 11.3 Å². The van der Waals surface area contributed by atoms with Crippen LogP contribution in [0.15, 0.2) is 29.2 Å². The average molecular weight is 355 g/mol. The summed E-state index contributed by atoms with van der Waals surface area (Å²) in [4.78, 5) is 24.7. The monoisotopic (exact) mass is 355 g/mol. The first-order valence-electron chi connectivity index (χ1n) is 7.90. The summed E-state index contributed by atoms with van der Waals surface area (Å²) in [6, 6.07) is 6.11. The van der Waals surface area contributed by atoms with E-state index in [4.69, 9.17) is 4.74 Å². The van der Waals surface area contributed by atoms with E-state index in [2.05, 4.69) is 5.32 Å². The van der Waals surface area contributed by atoms with Crippen LogP contribution in [0.4, 0.5) is 4.39 Å². The summed E-state index contributed by atoms with van der Waals surface area (Å²) in [6.45, 7) is 2.72. The van der Waals surface area contributed by atoms with Crippen LogP contribution in [-0.2, 0) is 14.3 Å². The summed E-state index contributed by atoms with van der Waals surface area (Å²) in [6.07, 6.45) is 0.808. The lowest BCUT2D eigenvalue weighted by atomic mass is 9.80. The molecule has 0 spiro atoms. The van der Waals surface area contributed by atoms with Crippen LogP contribution < -0.4 is 5.32 Å². The third-order valence-corrected chi connectivity index (χ3v) is 5.54. The highest BCUT2D eigenvalue weighted by atomic mass is 32.2. The number of carbonyl (C=O) groups is 2. The molecule has 1 aromatic carbocycles. The molecule has 1 heterocycles. The van der Waals surface area contributed by atoms with Crippen LogP contribution in [0, 0.1) is 17.2 Å². The molecule has 1 aliphatic rings. The van der Waals surface area contributed by atoms with Crippen LogP contribution in [-0.4, -0.2) is 42.5 Å². The molecule has 2 N–H and O–H groups in total. The molecule has 24 heavy (non-hydrogen) atoms. The topological polar surface area (TPSA) is 75.6 Å². The minimum atomic E-state index is -0.933. The Morgan fingerprint density at radius 3 is 2.54 bits per heavy atom. The van der Waals surface area contributed by atoms with Crippen molar-refractivity contribution in [2.75, 3.05) is 25.5 Å². The highest BCUT2D eigenvalue weighted by Gasteiger charge is 2.40. The highest BCUT2D eigenvalue weighted by Crippen LogP contribution is 2.30. The Bertz CT molecular complexity index is 572. The molecule has 1 fully saturated rings. The number of carboxylic acids is 1. The molecule has 1 unspecified atom stereocenters. The fraction of sp³-hybridized carbons (Fsp3) is 0.529. The van der Waals surface area contributed by atoms with Gasteiger partial charge in [0.25, 0.3) is 0 Å². The van der Waals surface area contributed by atoms with Gasteiger partial charge in [-0.15, -0.1) is 11.8 Å². The molecule has 1 atom stereocenters. The second-order valence-electron chi connectivity index (χ2n) is 6.08. The molecule has 1 aliphatic heterocycles. The zero-order valence-corrected chi connectivity index (χ0v) is 14.4. The first kappa shape index (κ1) is 18.7. The van der Waals surface area contributed by atoms with E-state index in [1.54, 1.807) is 19.1 Å². The molecule has 1 saturated heterocycles. The van der Waals surface area contributed by atoms with Crippen molar-refractivity contribution in [3.05, 3.63) is 30.1 Å². The Kier molecular flexibility index (Phi) is 6.62. The second kappa shape index (κ2) is 8.48. The van der Waals surface area contributed by atoms with Crippen LogP contribution in [0.2, 0.25) is 0 Å². The summed E-state index contributed by atoms with van der Waals surface area (Å²) in [5.41, 5.74) is -0.933. The maximum Gasteiger partial charge on any atom is 0.311 e. The van der Waals surface area contributed by atoms with Crippen molar-refractivity contribution in [1.29, 1.82) is 0 Å². The Balaban J connectivity index is 1.82. The number of carboxylic acid groups (broad SMARTS) is 1. The van der Waals surface area contributed by atoms with Gasteiger partial charge in [0.05, 0.1) is 5.41 Å². The van der Waals surface area contributed by atoms with Crippen molar-refractivity contribution in [3.63, 3.8) is 0 Å². The molecule has 132 valence electrons. The van der Waals surface area contributed by atoms with Crippen LogP contribution in [0.5, 0.6) is 0 Å². The predicted molar refractivity (Wildman–Crippen MR) is 89.4 cm³/mol. The third-order valence-electron chi connectivity index (χ3n) is 4.27. The maximum absolute atomic E-state index is 12.9. The molecule has 5 nitrogen and oxygen atoms in total. The molecule has 2 rings (SSSR count). The fourth-order valence-electron chi connectivity index (χ4n) is 2.49. The van der Waals surface area contributed by atoms with Crippen LogP contribution in [0.25, 0.3) is 0 Å². The summed E-state index contributed by atoms with van der Waals surface area (Å²) in [7, 11) is 0. The van der Waals surface area contributed by atoms with Crippen LogP contribution in [0.1, 0.15) is 19.8 Å². The maximum atomic E-state index is 12.9. The van der Waals surface area contributed by atoms with E-state index >= 15 is 0 Å². The molecule has 0 radical (unpaired) electrons. The number of carbonyl (C=O) groups excluding carboxylic acids is 1. The molecule has 7 heteroatoms. The normalized spacial score (nSPS) is 17.9. The van der Waals surface area contributed by atoms with Gasteiger partial charge >= 0.3 is 5.97 Å². The minimum Gasteiger partial charge on any atom is -0.481 e. The fourth-order valence-corrected chi connectivity index (χ4v) is 3.41. The number of hydrogen-bond acceptors (Lipinski definition) is 4. The summed E-state index contributed by atoms with van der Waals surface area (Å²) in [5, 5.41) is 12.2. The number of rotatable bonds is 7. The summed E-state index contributed by atoms with van der Waals surface area (Å²) < 4.78 is 18.1. The van der Waals surface area contributed by atoms with E-state index in [-0.39, 0.29) is 24.2 Å². The highest BCUT2D eigenvalue weighted by molar-refractivity contribution is 7.99. The van der Waals surface area contributed by atoms with Crippen molar-refractivity contribution in [2.45, 2.75) is 24.7 Å². The van der Waals surface area contributed by atoms with Gasteiger partial charge in [-0.3, -0.25) is 9.59 Å². The first-order valence-corrected chi connectivity index (χ1v) is 8.89. The van der Waals surface area contributed by atoms with E-state index in [0.717, 1.165) is 4.90 Å². The first-order chi connectivity index (χ1) is 11.4. The Hall–Kier alpha value is -1.60. The van der Waals surface area contributed by atoms with Crippen molar-refractivity contribution in [1.82, 2.24) is 5.32 Å². The molecule has 0 aromatic heterocycles. The number of halogens is 1. The number of hydrogen-bond donors (Lipinski definition) is 2. The Labute approximate surface area is 145 Å². The van der Waals surface area contributed by atoms with E-state index < -0.39 is 11.4 Å². The van der Waals surface area contributed by atoms with Crippen molar-refractivity contribution < 1.29 is 23.8 Å². The van der Waals surface area contributed by atoms with E-state index in [1.165, 1.54) is 23.9 Å². The molecule has 0 saturated carbocycles. The minimum absolute atomic E-state index is 0.121. The van der Waals surface area contributed by atoms with Gasteiger partial charge in [-0.05, 0) is 37.1 Å². The number of ether oxygens (including phenoxy) is 1. The molecule has 1 aromatic rings. The van der Waals surface area contributed by atoms with E-state index in [0.29, 0.717) is 31.8 Å². The smallest absolute Gasteiger partial charge is 0.311 e. The number of aliphatic carboxylic acids is 1. The van der Waals surface area contributed by atoms with Gasteiger partial charge in [0.15, 0.2) is 0 Å². The van der Waals surface area contributed by atoms with Gasteiger partial charge in [0, 0.05) is 36.3 Å². The molecular formula is C17H22FNO4S. The van der Waals surface area contributed by atoms with Gasteiger partial charge in [0.2, 0.25) is 5.91 Å². The summed E-state index contributed by atoms with van der Waals surface area (Å²) >= 11 is 1.47. The molecular weight excluding hydrogens is 333 g/mol. The molecule has 1 amide bonds. The second-order valence-corrected chi connectivity index (χ2v) is 7.18. The standard InChI is InChI=1S/C17H22FNO4S/c1-12(10-24-14-4-2-13(18)3-5-14)15(20)19-11-17(16(21)22)6-8-23-9-7-17/h2-5,12H,6-11H2,1H3,(H,19,20)(H,21,22). The van der Waals surface area contributed by atoms with Crippen molar-refractivity contribution >= 4 is 23.6 Å². The Morgan fingerprint density at radius 1 is 1.33 bits per heavy atom. The average Bonchev–Trinajstić information content (AvgIpc) is 2.59. The lowest BCUT2D eigenvalue weighted by molar-refractivity contribution is -0.154. The van der Waals surface area contributed by atoms with Gasteiger partial charge in [-0.2, -0.15) is 0 Å². The predicted octanol–water partition coefficient (Wildman–Crippen LogP) is 2.55. The van der Waals surface area contributed by atoms with Crippen LogP contribution >= 0.6 is 11.8 Å². The number of benzene rings is 1. The van der Waals surface area contributed by atoms with Gasteiger partial charge < -0.3 is 15.2 Å². The number of amides is 1. The largest absolute Gasteiger partial charge is 0.481 e. The zero-order valence-electron chi connectivity index (χ0n) is 13.6. The van der Waals surface area contributed by atoms with Crippen molar-refractivity contribution in [3.8, 4) is 0 Å². The SMILES string of the molecule is CC(CSc1ccc(F)cc1)C(=O)NCC1(C(=O)O)CCOCC1. The van der Waals surface area contributed by atoms with Gasteiger partial charge in [-0.25, -0.2) is 4.39 Å². The Morgan fingerprint density at radius 2 is 1.96 bits per heavy atom. The third kappa shape index (κ3) is 4.95. The van der Waals surface area contributed by atoms with Crippen LogP contribution in [0.3, 0.4) is 0 Å². The van der Waals surface area contributed by atoms with Gasteiger partial charge in [-0.1, -0.05) is 6.92 Å². The number of nitrogens with one attached hydrogen (secondary N) is 1. The van der Waals surface area contributed by atoms with E-state index in [1.807, 2.05) is 0 Å². The molecule has 0 bridgehead atoms. The summed E-state index contributed by atoms with van der Waals surface area (Å²) in [5.74, 6) is -1.08. The van der Waals surface area contributed by atoms with E-state index in [9.17, 15) is 19.1 Å². The molecule has 0 aliphatic carbocycles. The number of thioether (sulfide) groups is 1. The zero-order chi connectivity index (χ0) is 17.6. The quantitative estimate of drug-likeness (QED) is 0.735. The lowest BCUT2D eigenvalue weighted by Crippen LogP contribution is -2.47. The van der Waals surface area contributed by atoms with Gasteiger partial charge in [0.1, 0.15) is 5.82 Å².